The number of nitrogens with two attached hydrogens (primary N) is 1. The molecule has 1 aromatic carbocycles. The van der Waals surface area contributed by atoms with Crippen LogP contribution in [0.1, 0.15) is 12.5 Å². The Morgan fingerprint density at radius 3 is 2.76 bits per heavy atom. The van der Waals surface area contributed by atoms with Gasteiger partial charge in [-0.1, -0.05) is 21.1 Å². The van der Waals surface area contributed by atoms with Gasteiger partial charge in [0.15, 0.2) is 5.84 Å². The van der Waals surface area contributed by atoms with Gasteiger partial charge in [0.05, 0.1) is 11.4 Å². The van der Waals surface area contributed by atoms with E-state index in [1.807, 2.05) is 0 Å². The van der Waals surface area contributed by atoms with Gasteiger partial charge in [0.1, 0.15) is 0 Å². The molecule has 94 valence electrons. The van der Waals surface area contributed by atoms with Crippen molar-refractivity contribution >= 4 is 37.5 Å². The molecule has 17 heavy (non-hydrogen) atoms. The van der Waals surface area contributed by atoms with E-state index in [1.54, 1.807) is 12.1 Å². The van der Waals surface area contributed by atoms with Crippen LogP contribution in [-0.4, -0.2) is 25.2 Å². The molecule has 0 spiro atoms. The van der Waals surface area contributed by atoms with Crippen molar-refractivity contribution in [2.45, 2.75) is 6.92 Å². The van der Waals surface area contributed by atoms with Crippen LogP contribution in [0.25, 0.3) is 0 Å². The van der Waals surface area contributed by atoms with Gasteiger partial charge >= 0.3 is 0 Å². The van der Waals surface area contributed by atoms with Crippen molar-refractivity contribution in [2.75, 3.05) is 10.5 Å². The minimum absolute atomic E-state index is 0.0569. The Morgan fingerprint density at radius 2 is 2.24 bits per heavy atom. The minimum atomic E-state index is -3.41. The first-order valence-corrected chi connectivity index (χ1v) is 7.12. The molecular weight excluding hydrogens is 310 g/mol. The fraction of sp³-hybridized carbons (Fsp3) is 0.222. The molecular formula is C9H12BrN3O3S. The Bertz CT molecular complexity index is 542. The van der Waals surface area contributed by atoms with Crippen LogP contribution in [-0.2, 0) is 10.0 Å². The van der Waals surface area contributed by atoms with Crippen molar-refractivity contribution in [1.82, 2.24) is 0 Å². The maximum atomic E-state index is 11.5. The molecule has 0 amide bonds. The van der Waals surface area contributed by atoms with Gasteiger partial charge in [-0.3, -0.25) is 4.72 Å². The van der Waals surface area contributed by atoms with Gasteiger partial charge in [-0.05, 0) is 25.1 Å². The first-order valence-electron chi connectivity index (χ1n) is 4.67. The maximum Gasteiger partial charge on any atom is 0.232 e. The smallest absolute Gasteiger partial charge is 0.232 e. The zero-order chi connectivity index (χ0) is 13.1. The van der Waals surface area contributed by atoms with Crippen molar-refractivity contribution < 1.29 is 13.6 Å². The highest BCUT2D eigenvalue weighted by Crippen LogP contribution is 2.22. The lowest BCUT2D eigenvalue weighted by Crippen LogP contribution is -2.20. The van der Waals surface area contributed by atoms with E-state index in [-0.39, 0.29) is 17.3 Å². The van der Waals surface area contributed by atoms with E-state index in [0.29, 0.717) is 10.0 Å². The summed E-state index contributed by atoms with van der Waals surface area (Å²) in [5, 5.41) is 11.5. The summed E-state index contributed by atoms with van der Waals surface area (Å²) in [7, 11) is -3.41. The molecule has 8 heteroatoms. The molecule has 0 bridgehead atoms. The van der Waals surface area contributed by atoms with Gasteiger partial charge in [0.2, 0.25) is 10.0 Å². The lowest BCUT2D eigenvalue weighted by atomic mass is 10.2. The molecule has 0 aliphatic heterocycles. The molecule has 0 heterocycles. The number of amidine groups is 1. The molecule has 6 nitrogen and oxygen atoms in total. The van der Waals surface area contributed by atoms with Crippen LogP contribution in [0.15, 0.2) is 27.8 Å². The standard InChI is InChI=1S/C9H12BrN3O3S/c1-2-17(15,16)13-8-4-3-6(10)5-7(8)9(11)12-14/h3-5,13-14H,2H2,1H3,(H2,11,12). The molecule has 0 aliphatic carbocycles. The number of nitrogens with zero attached hydrogens (tertiary/aromatic N) is 1. The Morgan fingerprint density at radius 1 is 1.59 bits per heavy atom. The lowest BCUT2D eigenvalue weighted by molar-refractivity contribution is 0.318. The third kappa shape index (κ3) is 3.60. The molecule has 0 radical (unpaired) electrons. The normalized spacial score (nSPS) is 12.5. The molecule has 4 N–H and O–H groups in total. The monoisotopic (exact) mass is 321 g/mol. The molecule has 0 aromatic heterocycles. The number of benzene rings is 1. The number of hydrogen-bond donors (Lipinski definition) is 3. The lowest BCUT2D eigenvalue weighted by Gasteiger charge is -2.11. The second kappa shape index (κ2) is 5.37. The zero-order valence-electron chi connectivity index (χ0n) is 9.01. The van der Waals surface area contributed by atoms with Gasteiger partial charge < -0.3 is 10.9 Å². The van der Waals surface area contributed by atoms with Crippen LogP contribution in [0.3, 0.4) is 0 Å². The van der Waals surface area contributed by atoms with Crippen LogP contribution in [0, 0.1) is 0 Å². The first kappa shape index (κ1) is 13.8. The number of rotatable bonds is 4. The van der Waals surface area contributed by atoms with Gasteiger partial charge in [-0.15, -0.1) is 0 Å². The fourth-order valence-corrected chi connectivity index (χ4v) is 2.13. The van der Waals surface area contributed by atoms with Crippen LogP contribution >= 0.6 is 15.9 Å². The van der Waals surface area contributed by atoms with Gasteiger partial charge in [0, 0.05) is 10.0 Å². The molecule has 1 aromatic rings. The van der Waals surface area contributed by atoms with Crippen LogP contribution < -0.4 is 10.5 Å². The Balaban J connectivity index is 3.25. The van der Waals surface area contributed by atoms with Crippen LogP contribution in [0.5, 0.6) is 0 Å². The number of nitrogens with one attached hydrogen (secondary N) is 1. The van der Waals surface area contributed by atoms with Crippen molar-refractivity contribution in [1.29, 1.82) is 0 Å². The number of anilines is 1. The summed E-state index contributed by atoms with van der Waals surface area (Å²) in [5.74, 6) is -0.223. The summed E-state index contributed by atoms with van der Waals surface area (Å²) >= 11 is 3.22. The van der Waals surface area contributed by atoms with E-state index < -0.39 is 10.0 Å². The molecule has 0 unspecified atom stereocenters. The highest BCUT2D eigenvalue weighted by atomic mass is 79.9. The third-order valence-corrected chi connectivity index (χ3v) is 3.80. The quantitative estimate of drug-likeness (QED) is 0.336. The Kier molecular flexibility index (Phi) is 4.35. The van der Waals surface area contributed by atoms with Crippen molar-refractivity contribution in [3.8, 4) is 0 Å². The molecule has 0 saturated carbocycles. The zero-order valence-corrected chi connectivity index (χ0v) is 11.4. The minimum Gasteiger partial charge on any atom is -0.409 e. The number of sulfonamides is 1. The predicted molar refractivity (Wildman–Crippen MR) is 69.7 cm³/mol. The molecule has 0 atom stereocenters. The SMILES string of the molecule is CCS(=O)(=O)Nc1ccc(Br)cc1/C(N)=N/O. The van der Waals surface area contributed by atoms with Crippen LogP contribution in [0.2, 0.25) is 0 Å². The topological polar surface area (TPSA) is 105 Å². The van der Waals surface area contributed by atoms with Crippen molar-refractivity contribution in [2.24, 2.45) is 10.9 Å². The van der Waals surface area contributed by atoms with E-state index in [2.05, 4.69) is 25.8 Å². The summed E-state index contributed by atoms with van der Waals surface area (Å²) < 4.78 is 26.0. The van der Waals surface area contributed by atoms with E-state index in [1.165, 1.54) is 13.0 Å². The number of hydrogen-bond acceptors (Lipinski definition) is 4. The molecule has 0 fully saturated rings. The predicted octanol–water partition coefficient (Wildman–Crippen LogP) is 1.31. The summed E-state index contributed by atoms with van der Waals surface area (Å²) in [5.41, 5.74) is 6.04. The Labute approximate surface area is 108 Å². The Hall–Kier alpha value is -1.28. The van der Waals surface area contributed by atoms with E-state index >= 15 is 0 Å². The number of oxime groups is 1. The van der Waals surface area contributed by atoms with Crippen LogP contribution in [0.4, 0.5) is 5.69 Å². The molecule has 0 saturated heterocycles. The average molecular weight is 322 g/mol. The molecule has 0 aliphatic rings. The summed E-state index contributed by atoms with van der Waals surface area (Å²) in [6.45, 7) is 1.52. The first-order chi connectivity index (χ1) is 7.89. The summed E-state index contributed by atoms with van der Waals surface area (Å²) in [4.78, 5) is 0. The van der Waals surface area contributed by atoms with Crippen molar-refractivity contribution in [3.05, 3.63) is 28.2 Å². The maximum absolute atomic E-state index is 11.5. The highest BCUT2D eigenvalue weighted by Gasteiger charge is 2.13. The second-order valence-electron chi connectivity index (χ2n) is 3.18. The van der Waals surface area contributed by atoms with Crippen molar-refractivity contribution in [3.63, 3.8) is 0 Å². The van der Waals surface area contributed by atoms with E-state index in [0.717, 1.165) is 0 Å². The van der Waals surface area contributed by atoms with E-state index in [9.17, 15) is 8.42 Å². The largest absolute Gasteiger partial charge is 0.409 e. The van der Waals surface area contributed by atoms with Gasteiger partial charge in [0.25, 0.3) is 0 Å². The second-order valence-corrected chi connectivity index (χ2v) is 6.11. The van der Waals surface area contributed by atoms with Gasteiger partial charge in [-0.25, -0.2) is 8.42 Å². The van der Waals surface area contributed by atoms with Gasteiger partial charge in [-0.2, -0.15) is 0 Å². The van der Waals surface area contributed by atoms with E-state index in [4.69, 9.17) is 10.9 Å². The summed E-state index contributed by atoms with van der Waals surface area (Å²) in [6, 6.07) is 4.74. The third-order valence-electron chi connectivity index (χ3n) is 2.01. The number of halogens is 1. The highest BCUT2D eigenvalue weighted by molar-refractivity contribution is 9.10. The average Bonchev–Trinajstić information content (AvgIpc) is 2.30. The summed E-state index contributed by atoms with van der Waals surface area (Å²) in [6.07, 6.45) is 0. The molecule has 1 rings (SSSR count). The fourth-order valence-electron chi connectivity index (χ4n) is 1.11.